The van der Waals surface area contributed by atoms with Gasteiger partial charge >= 0.3 is 0 Å². The van der Waals surface area contributed by atoms with Gasteiger partial charge in [0.2, 0.25) is 5.43 Å². The summed E-state index contributed by atoms with van der Waals surface area (Å²) in [6.07, 6.45) is 4.35. The third kappa shape index (κ3) is 3.69. The van der Waals surface area contributed by atoms with Crippen LogP contribution in [0.2, 0.25) is 0 Å². The van der Waals surface area contributed by atoms with Crippen LogP contribution >= 0.6 is 0 Å². The van der Waals surface area contributed by atoms with Crippen molar-refractivity contribution in [1.29, 1.82) is 5.41 Å². The molecule has 0 amide bonds. The second kappa shape index (κ2) is 6.85. The van der Waals surface area contributed by atoms with E-state index in [1.54, 1.807) is 17.0 Å². The molecule has 5 nitrogen and oxygen atoms in total. The van der Waals surface area contributed by atoms with Gasteiger partial charge in [0.1, 0.15) is 0 Å². The summed E-state index contributed by atoms with van der Waals surface area (Å²) in [5.41, 5.74) is 2.69. The number of allylic oxidation sites excluding steroid dienone is 1. The van der Waals surface area contributed by atoms with Gasteiger partial charge in [0.25, 0.3) is 0 Å². The van der Waals surface area contributed by atoms with Gasteiger partial charge in [0.05, 0.1) is 11.4 Å². The van der Waals surface area contributed by atoms with E-state index in [2.05, 4.69) is 10.4 Å². The number of benzene rings is 1. The molecule has 0 aliphatic rings. The summed E-state index contributed by atoms with van der Waals surface area (Å²) in [7, 11) is 0. The van der Waals surface area contributed by atoms with Crippen molar-refractivity contribution in [3.05, 3.63) is 64.1 Å². The largest absolute Gasteiger partial charge is 0.381 e. The number of aryl methyl sites for hydroxylation is 1. The molecule has 0 fully saturated rings. The highest BCUT2D eigenvalue weighted by molar-refractivity contribution is 5.81. The van der Waals surface area contributed by atoms with E-state index in [4.69, 9.17) is 5.41 Å². The molecule has 22 heavy (non-hydrogen) atoms. The lowest BCUT2D eigenvalue weighted by Crippen LogP contribution is -2.26. The first-order chi connectivity index (χ1) is 10.5. The average molecular weight is 296 g/mol. The lowest BCUT2D eigenvalue weighted by atomic mass is 10.2. The molecule has 0 atom stereocenters. The Morgan fingerprint density at radius 3 is 2.77 bits per heavy atom. The van der Waals surface area contributed by atoms with E-state index in [0.29, 0.717) is 11.4 Å². The monoisotopic (exact) mass is 296 g/mol. The summed E-state index contributed by atoms with van der Waals surface area (Å²) in [5, 5.41) is 14.9. The van der Waals surface area contributed by atoms with Gasteiger partial charge in [0.15, 0.2) is 5.69 Å². The summed E-state index contributed by atoms with van der Waals surface area (Å²) in [6, 6.07) is 9.52. The lowest BCUT2D eigenvalue weighted by molar-refractivity contribution is 0.707. The summed E-state index contributed by atoms with van der Waals surface area (Å²) in [4.78, 5) is 12.1. The number of rotatable bonds is 5. The van der Waals surface area contributed by atoms with Gasteiger partial charge in [-0.1, -0.05) is 12.1 Å². The molecule has 0 bridgehead atoms. The molecule has 1 heterocycles. The maximum absolute atomic E-state index is 12.1. The second-order valence-corrected chi connectivity index (χ2v) is 5.36. The first-order valence-electron chi connectivity index (χ1n) is 7.16. The summed E-state index contributed by atoms with van der Waals surface area (Å²) in [5.74, 6) is 0. The van der Waals surface area contributed by atoms with Crippen LogP contribution in [-0.4, -0.2) is 22.0 Å². The molecule has 2 rings (SSSR count). The van der Waals surface area contributed by atoms with Crippen molar-refractivity contribution in [1.82, 2.24) is 15.1 Å². The molecule has 114 valence electrons. The fourth-order valence-corrected chi connectivity index (χ4v) is 2.10. The molecule has 0 radical (unpaired) electrons. The maximum atomic E-state index is 12.1. The van der Waals surface area contributed by atoms with Crippen LogP contribution in [0.3, 0.4) is 0 Å². The maximum Gasteiger partial charge on any atom is 0.209 e. The third-order valence-electron chi connectivity index (χ3n) is 3.02. The third-order valence-corrected chi connectivity index (χ3v) is 3.02. The van der Waals surface area contributed by atoms with Crippen molar-refractivity contribution in [3.63, 3.8) is 0 Å². The average Bonchev–Trinajstić information content (AvgIpc) is 2.47. The topological polar surface area (TPSA) is 70.8 Å². The van der Waals surface area contributed by atoms with Gasteiger partial charge in [-0.3, -0.25) is 4.79 Å². The van der Waals surface area contributed by atoms with Crippen LogP contribution in [0.5, 0.6) is 0 Å². The van der Waals surface area contributed by atoms with E-state index in [9.17, 15) is 4.79 Å². The molecule has 0 aliphatic carbocycles. The number of nitrogens with one attached hydrogen (secondary N) is 2. The molecule has 0 saturated carbocycles. The number of hydrogen-bond acceptors (Lipinski definition) is 4. The first kappa shape index (κ1) is 15.7. The van der Waals surface area contributed by atoms with E-state index < -0.39 is 0 Å². The highest BCUT2D eigenvalue weighted by Gasteiger charge is 2.10. The zero-order chi connectivity index (χ0) is 16.1. The quantitative estimate of drug-likeness (QED) is 0.833. The predicted molar refractivity (Wildman–Crippen MR) is 89.6 cm³/mol. The highest BCUT2D eigenvalue weighted by Crippen LogP contribution is 2.10. The number of aromatic nitrogens is 2. The minimum atomic E-state index is -0.176. The standard InChI is InChI=1S/C17H20N4O/c1-12(2)19-15(7-9-18)17-16(22)8-10-21(20-17)14-6-4-5-13(3)11-14/h4-12,18-19H,1-3H3/b15-7-,18-9?. The van der Waals surface area contributed by atoms with Crippen molar-refractivity contribution in [3.8, 4) is 5.69 Å². The van der Waals surface area contributed by atoms with Crippen LogP contribution in [0.1, 0.15) is 25.1 Å². The fraction of sp³-hybridized carbons (Fsp3) is 0.235. The molecule has 0 spiro atoms. The Labute approximate surface area is 129 Å². The van der Waals surface area contributed by atoms with Crippen molar-refractivity contribution >= 4 is 11.9 Å². The Morgan fingerprint density at radius 2 is 2.14 bits per heavy atom. The number of nitrogens with zero attached hydrogens (tertiary/aromatic N) is 2. The molecule has 0 unspecified atom stereocenters. The predicted octanol–water partition coefficient (Wildman–Crippen LogP) is 2.53. The van der Waals surface area contributed by atoms with Gasteiger partial charge in [-0.05, 0) is 44.5 Å². The molecular formula is C17H20N4O. The molecule has 2 aromatic rings. The zero-order valence-corrected chi connectivity index (χ0v) is 13.0. The molecule has 1 aromatic heterocycles. The van der Waals surface area contributed by atoms with Crippen LogP contribution in [0.15, 0.2) is 47.4 Å². The molecular weight excluding hydrogens is 276 g/mol. The van der Waals surface area contributed by atoms with Gasteiger partial charge < -0.3 is 10.7 Å². The Balaban J connectivity index is 2.52. The minimum absolute atomic E-state index is 0.139. The minimum Gasteiger partial charge on any atom is -0.381 e. The van der Waals surface area contributed by atoms with Crippen LogP contribution in [0.25, 0.3) is 11.4 Å². The van der Waals surface area contributed by atoms with E-state index in [1.807, 2.05) is 45.0 Å². The van der Waals surface area contributed by atoms with E-state index in [0.717, 1.165) is 17.5 Å². The zero-order valence-electron chi connectivity index (χ0n) is 13.0. The molecule has 2 N–H and O–H groups in total. The summed E-state index contributed by atoms with van der Waals surface area (Å²) >= 11 is 0. The van der Waals surface area contributed by atoms with Crippen LogP contribution in [0, 0.1) is 12.3 Å². The van der Waals surface area contributed by atoms with Gasteiger partial charge in [0, 0.05) is 24.5 Å². The van der Waals surface area contributed by atoms with Crippen molar-refractivity contribution in [2.75, 3.05) is 0 Å². The lowest BCUT2D eigenvalue weighted by Gasteiger charge is -2.14. The Kier molecular flexibility index (Phi) is 4.88. The van der Waals surface area contributed by atoms with Crippen LogP contribution in [0.4, 0.5) is 0 Å². The van der Waals surface area contributed by atoms with Crippen molar-refractivity contribution < 1.29 is 0 Å². The SMILES string of the molecule is Cc1cccc(-n2ccc(=O)c(/C(=C/C=N)NC(C)C)n2)c1. The van der Waals surface area contributed by atoms with E-state index in [-0.39, 0.29) is 11.5 Å². The smallest absolute Gasteiger partial charge is 0.209 e. The summed E-state index contributed by atoms with van der Waals surface area (Å²) in [6.45, 7) is 5.95. The second-order valence-electron chi connectivity index (χ2n) is 5.36. The molecule has 0 saturated heterocycles. The van der Waals surface area contributed by atoms with E-state index in [1.165, 1.54) is 6.07 Å². The Bertz CT molecular complexity index is 759. The fourth-order valence-electron chi connectivity index (χ4n) is 2.10. The Morgan fingerprint density at radius 1 is 1.36 bits per heavy atom. The van der Waals surface area contributed by atoms with Gasteiger partial charge in [-0.15, -0.1) is 0 Å². The van der Waals surface area contributed by atoms with Crippen LogP contribution in [-0.2, 0) is 0 Å². The molecule has 5 heteroatoms. The van der Waals surface area contributed by atoms with Gasteiger partial charge in [-0.2, -0.15) is 5.10 Å². The number of hydrogen-bond donors (Lipinski definition) is 2. The highest BCUT2D eigenvalue weighted by atomic mass is 16.1. The van der Waals surface area contributed by atoms with Crippen molar-refractivity contribution in [2.24, 2.45) is 0 Å². The summed E-state index contributed by atoms with van der Waals surface area (Å²) < 4.78 is 1.67. The van der Waals surface area contributed by atoms with Crippen LogP contribution < -0.4 is 10.7 Å². The van der Waals surface area contributed by atoms with Gasteiger partial charge in [-0.25, -0.2) is 4.68 Å². The Hall–Kier alpha value is -2.69. The molecule has 0 aliphatic heterocycles. The first-order valence-corrected chi connectivity index (χ1v) is 7.16. The molecule has 1 aromatic carbocycles. The van der Waals surface area contributed by atoms with Crippen molar-refractivity contribution in [2.45, 2.75) is 26.8 Å². The van der Waals surface area contributed by atoms with E-state index >= 15 is 0 Å². The normalized spacial score (nSPS) is 11.5.